The van der Waals surface area contributed by atoms with Crippen molar-refractivity contribution in [3.05, 3.63) is 61.9 Å². The van der Waals surface area contributed by atoms with Gasteiger partial charge in [-0.3, -0.25) is 4.79 Å². The molecule has 148 valence electrons. The number of halogens is 1. The van der Waals surface area contributed by atoms with Gasteiger partial charge in [-0.15, -0.1) is 11.3 Å². The van der Waals surface area contributed by atoms with Gasteiger partial charge in [0, 0.05) is 5.56 Å². The second-order valence-electron chi connectivity index (χ2n) is 6.26. The summed E-state index contributed by atoms with van der Waals surface area (Å²) in [6, 6.07) is 8.72. The minimum atomic E-state index is -4.01. The molecule has 1 N–H and O–H groups in total. The lowest BCUT2D eigenvalue weighted by Crippen LogP contribution is -2.15. The topological polar surface area (TPSA) is 89.3 Å². The highest BCUT2D eigenvalue weighted by molar-refractivity contribution is 9.10. The molecule has 3 aromatic rings. The second kappa shape index (κ2) is 8.59. The molecule has 28 heavy (non-hydrogen) atoms. The van der Waals surface area contributed by atoms with E-state index in [1.807, 2.05) is 12.1 Å². The average Bonchev–Trinajstić information content (AvgIpc) is 3.29. The normalized spacial score (nSPS) is 11.5. The number of anilines is 1. The molecule has 6 nitrogen and oxygen atoms in total. The van der Waals surface area contributed by atoms with E-state index in [-0.39, 0.29) is 21.4 Å². The fraction of sp³-hybridized carbons (Fsp3) is 0.263. The van der Waals surface area contributed by atoms with E-state index in [0.717, 1.165) is 36.2 Å². The van der Waals surface area contributed by atoms with Gasteiger partial charge in [0.15, 0.2) is 0 Å². The Labute approximate surface area is 176 Å². The van der Waals surface area contributed by atoms with E-state index in [1.54, 1.807) is 24.4 Å². The Morgan fingerprint density at radius 3 is 2.57 bits per heavy atom. The number of unbranched alkanes of at least 4 members (excludes halogenated alkanes) is 1. The van der Waals surface area contributed by atoms with Crippen LogP contribution in [0, 0.1) is 6.92 Å². The molecule has 0 fully saturated rings. The number of aromatic nitrogens is 1. The molecule has 0 atom stereocenters. The molecule has 3 rings (SSSR count). The van der Waals surface area contributed by atoms with Crippen molar-refractivity contribution in [1.29, 1.82) is 0 Å². The van der Waals surface area contributed by atoms with E-state index in [9.17, 15) is 13.2 Å². The van der Waals surface area contributed by atoms with Crippen LogP contribution in [0.5, 0.6) is 0 Å². The highest BCUT2D eigenvalue weighted by Crippen LogP contribution is 2.31. The summed E-state index contributed by atoms with van der Waals surface area (Å²) in [4.78, 5) is 13.0. The van der Waals surface area contributed by atoms with Crippen molar-refractivity contribution in [1.82, 2.24) is 5.16 Å². The van der Waals surface area contributed by atoms with E-state index in [4.69, 9.17) is 4.52 Å². The van der Waals surface area contributed by atoms with Gasteiger partial charge in [0.2, 0.25) is 5.78 Å². The number of hydrogen-bond donors (Lipinski definition) is 1. The highest BCUT2D eigenvalue weighted by atomic mass is 79.9. The Morgan fingerprint density at radius 1 is 1.25 bits per heavy atom. The minimum absolute atomic E-state index is 0.0256. The number of sulfonamides is 1. The lowest BCUT2D eigenvalue weighted by molar-refractivity contribution is 0.103. The number of benzene rings is 1. The molecule has 2 aromatic heterocycles. The number of thiophene rings is 1. The van der Waals surface area contributed by atoms with Gasteiger partial charge >= 0.3 is 0 Å². The van der Waals surface area contributed by atoms with Gasteiger partial charge < -0.3 is 4.52 Å². The van der Waals surface area contributed by atoms with Crippen LogP contribution in [0.2, 0.25) is 0 Å². The van der Waals surface area contributed by atoms with Gasteiger partial charge in [-0.1, -0.05) is 42.8 Å². The first-order chi connectivity index (χ1) is 13.3. The summed E-state index contributed by atoms with van der Waals surface area (Å²) in [5.74, 6) is -0.354. The summed E-state index contributed by atoms with van der Waals surface area (Å²) in [7, 11) is -4.01. The van der Waals surface area contributed by atoms with E-state index in [1.165, 1.54) is 6.07 Å². The predicted octanol–water partition coefficient (Wildman–Crippen LogP) is 5.18. The number of ketones is 1. The Morgan fingerprint density at radius 2 is 1.96 bits per heavy atom. The number of carbonyl (C=O) groups is 1. The standard InChI is InChI=1S/C19H19BrN2O4S2/c1-3-4-5-13-6-8-14(9-7-13)17(23)18-15(10-11-27-18)28(24,25)22-19-16(20)12(2)21-26-19/h6-11,22H,3-5H2,1-2H3. The zero-order valence-corrected chi connectivity index (χ0v) is 18.6. The summed E-state index contributed by atoms with van der Waals surface area (Å²) in [6.07, 6.45) is 3.15. The first-order valence-corrected chi connectivity index (χ1v) is 11.8. The van der Waals surface area contributed by atoms with Crippen LogP contribution in [0.1, 0.15) is 46.3 Å². The number of carbonyl (C=O) groups excluding carboxylic acids is 1. The van der Waals surface area contributed by atoms with E-state index in [2.05, 4.69) is 32.7 Å². The molecule has 0 aliphatic carbocycles. The Balaban J connectivity index is 1.86. The zero-order valence-electron chi connectivity index (χ0n) is 15.4. The maximum atomic E-state index is 12.9. The van der Waals surface area contributed by atoms with Crippen LogP contribution in [-0.4, -0.2) is 19.4 Å². The third kappa shape index (κ3) is 4.37. The molecular formula is C19H19BrN2O4S2. The quantitative estimate of drug-likeness (QED) is 0.446. The van der Waals surface area contributed by atoms with Crippen molar-refractivity contribution in [2.45, 2.75) is 38.0 Å². The van der Waals surface area contributed by atoms with Crippen molar-refractivity contribution in [2.24, 2.45) is 0 Å². The summed E-state index contributed by atoms with van der Waals surface area (Å²) < 4.78 is 33.3. The SMILES string of the molecule is CCCCc1ccc(C(=O)c2sccc2S(=O)(=O)Nc2onc(C)c2Br)cc1. The van der Waals surface area contributed by atoms with Crippen molar-refractivity contribution < 1.29 is 17.7 Å². The fourth-order valence-corrected chi connectivity index (χ4v) is 5.37. The minimum Gasteiger partial charge on any atom is -0.336 e. The molecule has 0 amide bonds. The average molecular weight is 483 g/mol. The van der Waals surface area contributed by atoms with Crippen LogP contribution in [0.4, 0.5) is 5.88 Å². The van der Waals surface area contributed by atoms with Crippen molar-refractivity contribution in [3.63, 3.8) is 0 Å². The molecule has 0 saturated heterocycles. The zero-order chi connectivity index (χ0) is 20.3. The number of rotatable bonds is 8. The summed E-state index contributed by atoms with van der Waals surface area (Å²) in [5, 5.41) is 5.28. The first kappa shape index (κ1) is 20.8. The number of aryl methyl sites for hydroxylation is 2. The molecule has 9 heteroatoms. The molecule has 0 radical (unpaired) electrons. The number of nitrogens with one attached hydrogen (secondary N) is 1. The van der Waals surface area contributed by atoms with Crippen LogP contribution >= 0.6 is 27.3 Å². The Kier molecular flexibility index (Phi) is 6.36. The molecule has 0 aliphatic rings. The van der Waals surface area contributed by atoms with Crippen LogP contribution in [0.25, 0.3) is 0 Å². The molecule has 1 aromatic carbocycles. The Bertz CT molecular complexity index is 1090. The van der Waals surface area contributed by atoms with Crippen LogP contribution in [0.3, 0.4) is 0 Å². The lowest BCUT2D eigenvalue weighted by Gasteiger charge is -2.07. The summed E-state index contributed by atoms with van der Waals surface area (Å²) in [6.45, 7) is 3.80. The second-order valence-corrected chi connectivity index (χ2v) is 9.62. The van der Waals surface area contributed by atoms with Crippen molar-refractivity contribution >= 4 is 49.0 Å². The van der Waals surface area contributed by atoms with E-state index < -0.39 is 10.0 Å². The summed E-state index contributed by atoms with van der Waals surface area (Å²) in [5.41, 5.74) is 2.13. The lowest BCUT2D eigenvalue weighted by atomic mass is 10.0. The maximum Gasteiger partial charge on any atom is 0.265 e. The highest BCUT2D eigenvalue weighted by Gasteiger charge is 2.27. The number of hydrogen-bond acceptors (Lipinski definition) is 6. The van der Waals surface area contributed by atoms with Crippen LogP contribution in [-0.2, 0) is 16.4 Å². The molecular weight excluding hydrogens is 464 g/mol. The smallest absolute Gasteiger partial charge is 0.265 e. The third-order valence-corrected chi connectivity index (χ3v) is 7.53. The molecule has 0 aliphatic heterocycles. The van der Waals surface area contributed by atoms with Gasteiger partial charge in [0.25, 0.3) is 15.9 Å². The van der Waals surface area contributed by atoms with Crippen LogP contribution < -0.4 is 4.72 Å². The Hall–Kier alpha value is -1.97. The van der Waals surface area contributed by atoms with Gasteiger partial charge in [-0.2, -0.15) is 0 Å². The van der Waals surface area contributed by atoms with Crippen LogP contribution in [0.15, 0.2) is 49.6 Å². The molecule has 0 saturated carbocycles. The largest absolute Gasteiger partial charge is 0.336 e. The fourth-order valence-electron chi connectivity index (χ4n) is 2.61. The molecule has 0 unspecified atom stereocenters. The van der Waals surface area contributed by atoms with E-state index in [0.29, 0.717) is 15.7 Å². The van der Waals surface area contributed by atoms with Gasteiger partial charge in [-0.05, 0) is 52.7 Å². The molecule has 0 bridgehead atoms. The monoisotopic (exact) mass is 482 g/mol. The molecule has 2 heterocycles. The summed E-state index contributed by atoms with van der Waals surface area (Å²) >= 11 is 4.32. The first-order valence-electron chi connectivity index (χ1n) is 8.69. The number of nitrogens with zero attached hydrogens (tertiary/aromatic N) is 1. The van der Waals surface area contributed by atoms with Gasteiger partial charge in [0.1, 0.15) is 9.37 Å². The van der Waals surface area contributed by atoms with Gasteiger partial charge in [-0.25, -0.2) is 13.1 Å². The van der Waals surface area contributed by atoms with Crippen molar-refractivity contribution in [2.75, 3.05) is 4.72 Å². The van der Waals surface area contributed by atoms with E-state index >= 15 is 0 Å². The predicted molar refractivity (Wildman–Crippen MR) is 113 cm³/mol. The van der Waals surface area contributed by atoms with Gasteiger partial charge in [0.05, 0.1) is 10.6 Å². The third-order valence-electron chi connectivity index (χ3n) is 4.18. The van der Waals surface area contributed by atoms with Crippen molar-refractivity contribution in [3.8, 4) is 0 Å². The maximum absolute atomic E-state index is 12.9. The molecule has 0 spiro atoms.